The van der Waals surface area contributed by atoms with Crippen LogP contribution in [0.5, 0.6) is 0 Å². The Labute approximate surface area is 188 Å². The summed E-state index contributed by atoms with van der Waals surface area (Å²) in [5.74, 6) is 0.133. The zero-order chi connectivity index (χ0) is 21.9. The largest absolute Gasteiger partial charge is 0.370 e. The fourth-order valence-electron chi connectivity index (χ4n) is 6.07. The second-order valence-electron chi connectivity index (χ2n) is 10.4. The number of rotatable bonds is 4. The van der Waals surface area contributed by atoms with E-state index < -0.39 is 6.04 Å². The van der Waals surface area contributed by atoms with Gasteiger partial charge >= 0.3 is 0 Å². The Bertz CT molecular complexity index is 958. The van der Waals surface area contributed by atoms with Crippen LogP contribution in [-0.4, -0.2) is 79.4 Å². The number of nitrogens with one attached hydrogen (secondary N) is 2. The molecule has 8 nitrogen and oxygen atoms in total. The Kier molecular flexibility index (Phi) is 4.76. The average Bonchev–Trinajstić information content (AvgIpc) is 3.05. The number of carbonyl (C=O) groups excluding carboxylic acids is 3. The van der Waals surface area contributed by atoms with Crippen molar-refractivity contribution in [3.05, 3.63) is 29.3 Å². The normalized spacial score (nSPS) is 27.9. The molecule has 1 spiro atoms. The van der Waals surface area contributed by atoms with Crippen LogP contribution in [0.3, 0.4) is 0 Å². The van der Waals surface area contributed by atoms with Crippen molar-refractivity contribution in [3.8, 4) is 0 Å². The Morgan fingerprint density at radius 2 is 1.84 bits per heavy atom. The first kappa shape index (κ1) is 20.2. The highest BCUT2D eigenvalue weighted by molar-refractivity contribution is 6.05. The highest BCUT2D eigenvalue weighted by Gasteiger charge is 2.46. The van der Waals surface area contributed by atoms with Crippen molar-refractivity contribution in [2.24, 2.45) is 11.3 Å². The molecule has 1 aromatic rings. The molecule has 0 aliphatic carbocycles. The number of likely N-dealkylation sites (tertiary alicyclic amines) is 1. The van der Waals surface area contributed by atoms with Crippen LogP contribution in [0.4, 0.5) is 5.69 Å². The first-order valence-electron chi connectivity index (χ1n) is 12.0. The number of fused-ring (bicyclic) bond motifs is 1. The van der Waals surface area contributed by atoms with E-state index in [1.54, 1.807) is 4.90 Å². The third-order valence-electron chi connectivity index (χ3n) is 8.22. The Hall–Kier alpha value is -2.45. The minimum absolute atomic E-state index is 0.102. The lowest BCUT2D eigenvalue weighted by atomic mass is 9.71. The van der Waals surface area contributed by atoms with Gasteiger partial charge in [-0.1, -0.05) is 0 Å². The highest BCUT2D eigenvalue weighted by Crippen LogP contribution is 2.43. The molecule has 8 heteroatoms. The predicted octanol–water partition coefficient (Wildman–Crippen LogP) is 0.569. The van der Waals surface area contributed by atoms with Gasteiger partial charge in [0.15, 0.2) is 0 Å². The molecule has 0 saturated carbocycles. The van der Waals surface area contributed by atoms with Gasteiger partial charge in [0.05, 0.1) is 0 Å². The Morgan fingerprint density at radius 1 is 1.06 bits per heavy atom. The number of amides is 3. The van der Waals surface area contributed by atoms with Gasteiger partial charge in [-0.15, -0.1) is 0 Å². The van der Waals surface area contributed by atoms with Gasteiger partial charge < -0.3 is 20.0 Å². The lowest BCUT2D eigenvalue weighted by molar-refractivity contribution is -0.136. The second-order valence-corrected chi connectivity index (χ2v) is 10.4. The maximum atomic E-state index is 12.9. The van der Waals surface area contributed by atoms with E-state index in [9.17, 15) is 14.4 Å². The zero-order valence-electron chi connectivity index (χ0n) is 18.4. The summed E-state index contributed by atoms with van der Waals surface area (Å²) in [4.78, 5) is 43.3. The quantitative estimate of drug-likeness (QED) is 0.670. The summed E-state index contributed by atoms with van der Waals surface area (Å²) in [6.45, 7) is 8.65. The SMILES string of the molecule is O=C1CCC(N2Cc3cc(N4CC5(CCN(CC6CNC6)CC5)C4)ccc3C2=O)C(=O)N1. The summed E-state index contributed by atoms with van der Waals surface area (Å²) < 4.78 is 0. The molecule has 0 aromatic heterocycles. The van der Waals surface area contributed by atoms with Gasteiger partial charge in [-0.25, -0.2) is 0 Å². The molecule has 0 bridgehead atoms. The minimum Gasteiger partial charge on any atom is -0.370 e. The maximum Gasteiger partial charge on any atom is 0.255 e. The summed E-state index contributed by atoms with van der Waals surface area (Å²) in [5, 5.41) is 5.74. The van der Waals surface area contributed by atoms with Crippen LogP contribution >= 0.6 is 0 Å². The second kappa shape index (κ2) is 7.56. The average molecular weight is 438 g/mol. The molecule has 32 heavy (non-hydrogen) atoms. The van der Waals surface area contributed by atoms with Gasteiger partial charge in [0.2, 0.25) is 11.8 Å². The summed E-state index contributed by atoms with van der Waals surface area (Å²) in [6.07, 6.45) is 3.24. The van der Waals surface area contributed by atoms with Gasteiger partial charge in [0.1, 0.15) is 6.04 Å². The molecule has 4 saturated heterocycles. The highest BCUT2D eigenvalue weighted by atomic mass is 16.2. The lowest BCUT2D eigenvalue weighted by Crippen LogP contribution is -2.61. The van der Waals surface area contributed by atoms with Crippen LogP contribution < -0.4 is 15.5 Å². The number of hydrogen-bond donors (Lipinski definition) is 2. The molecule has 2 N–H and O–H groups in total. The zero-order valence-corrected chi connectivity index (χ0v) is 18.4. The molecular weight excluding hydrogens is 406 g/mol. The topological polar surface area (TPSA) is 85.0 Å². The fraction of sp³-hybridized carbons (Fsp3) is 0.625. The molecule has 3 amide bonds. The number of nitrogens with zero attached hydrogens (tertiary/aromatic N) is 3. The monoisotopic (exact) mass is 437 g/mol. The standard InChI is InChI=1S/C24H31N5O3/c30-21-4-3-20(22(31)26-21)29-13-17-9-18(1-2-19(17)23(29)32)28-14-24(15-28)5-7-27(8-6-24)12-16-10-25-11-16/h1-2,9,16,20,25H,3-8,10-15H2,(H,26,30,31). The number of imide groups is 1. The predicted molar refractivity (Wildman–Crippen MR) is 119 cm³/mol. The van der Waals surface area contributed by atoms with E-state index in [2.05, 4.69) is 32.6 Å². The third kappa shape index (κ3) is 3.40. The number of piperidine rings is 2. The number of benzene rings is 1. The van der Waals surface area contributed by atoms with E-state index >= 15 is 0 Å². The molecule has 5 aliphatic rings. The van der Waals surface area contributed by atoms with Crippen molar-refractivity contribution in [3.63, 3.8) is 0 Å². The van der Waals surface area contributed by atoms with E-state index in [1.807, 2.05) is 6.07 Å². The molecule has 6 rings (SSSR count). The van der Waals surface area contributed by atoms with Gasteiger partial charge in [-0.05, 0) is 62.0 Å². The van der Waals surface area contributed by atoms with Gasteiger partial charge in [0, 0.05) is 62.4 Å². The molecule has 1 unspecified atom stereocenters. The van der Waals surface area contributed by atoms with Crippen LogP contribution in [0.2, 0.25) is 0 Å². The van der Waals surface area contributed by atoms with Crippen LogP contribution in [0.1, 0.15) is 41.6 Å². The minimum atomic E-state index is -0.552. The van der Waals surface area contributed by atoms with E-state index in [4.69, 9.17) is 0 Å². The van der Waals surface area contributed by atoms with Crippen molar-refractivity contribution >= 4 is 23.4 Å². The van der Waals surface area contributed by atoms with Crippen LogP contribution in [0.25, 0.3) is 0 Å². The summed E-state index contributed by atoms with van der Waals surface area (Å²) in [7, 11) is 0. The Balaban J connectivity index is 1.07. The number of carbonyl (C=O) groups is 3. The number of anilines is 1. The van der Waals surface area contributed by atoms with Crippen LogP contribution in [0, 0.1) is 11.3 Å². The van der Waals surface area contributed by atoms with Gasteiger partial charge in [-0.2, -0.15) is 0 Å². The summed E-state index contributed by atoms with van der Waals surface area (Å²) in [6, 6.07) is 5.55. The van der Waals surface area contributed by atoms with Crippen molar-refractivity contribution < 1.29 is 14.4 Å². The summed E-state index contributed by atoms with van der Waals surface area (Å²) in [5.41, 5.74) is 3.30. The molecular formula is C24H31N5O3. The van der Waals surface area contributed by atoms with Crippen molar-refractivity contribution in [1.82, 2.24) is 20.4 Å². The van der Waals surface area contributed by atoms with Gasteiger partial charge in [-0.3, -0.25) is 19.7 Å². The smallest absolute Gasteiger partial charge is 0.255 e. The maximum absolute atomic E-state index is 12.9. The molecule has 0 radical (unpaired) electrons. The van der Waals surface area contributed by atoms with E-state index in [0.29, 0.717) is 23.9 Å². The van der Waals surface area contributed by atoms with Gasteiger partial charge in [0.25, 0.3) is 5.91 Å². The van der Waals surface area contributed by atoms with Crippen LogP contribution in [-0.2, 0) is 16.1 Å². The molecule has 4 fully saturated rings. The van der Waals surface area contributed by atoms with E-state index in [-0.39, 0.29) is 24.1 Å². The first-order chi connectivity index (χ1) is 15.5. The van der Waals surface area contributed by atoms with E-state index in [1.165, 1.54) is 51.3 Å². The van der Waals surface area contributed by atoms with E-state index in [0.717, 1.165) is 24.6 Å². The molecule has 5 heterocycles. The Morgan fingerprint density at radius 3 is 2.53 bits per heavy atom. The molecule has 1 atom stereocenters. The third-order valence-corrected chi connectivity index (χ3v) is 8.22. The fourth-order valence-corrected chi connectivity index (χ4v) is 6.07. The van der Waals surface area contributed by atoms with Crippen molar-refractivity contribution in [2.45, 2.75) is 38.3 Å². The molecule has 5 aliphatic heterocycles. The number of hydrogen-bond acceptors (Lipinski definition) is 6. The van der Waals surface area contributed by atoms with Crippen LogP contribution in [0.15, 0.2) is 18.2 Å². The summed E-state index contributed by atoms with van der Waals surface area (Å²) >= 11 is 0. The van der Waals surface area contributed by atoms with Crippen molar-refractivity contribution in [2.75, 3.05) is 50.7 Å². The lowest BCUT2D eigenvalue weighted by Gasteiger charge is -2.55. The molecule has 1 aromatic carbocycles. The first-order valence-corrected chi connectivity index (χ1v) is 12.0. The molecule has 170 valence electrons. The van der Waals surface area contributed by atoms with Crippen molar-refractivity contribution in [1.29, 1.82) is 0 Å².